The zero-order valence-electron chi connectivity index (χ0n) is 16.9. The zero-order valence-corrected chi connectivity index (χ0v) is 17.7. The average molecular weight is 426 g/mol. The number of nitrogens with one attached hydrogen (secondary N) is 1. The molecule has 0 bridgehead atoms. The first-order valence-corrected chi connectivity index (χ1v) is 10.1. The van der Waals surface area contributed by atoms with Crippen molar-refractivity contribution < 1.29 is 4.79 Å². The van der Waals surface area contributed by atoms with Crippen LogP contribution in [0.1, 0.15) is 17.0 Å². The quantitative estimate of drug-likeness (QED) is 0.610. The maximum atomic E-state index is 12.5. The van der Waals surface area contributed by atoms with E-state index < -0.39 is 0 Å². The second-order valence-electron chi connectivity index (χ2n) is 7.61. The van der Waals surface area contributed by atoms with E-state index in [1.54, 1.807) is 6.20 Å². The van der Waals surface area contributed by atoms with Crippen LogP contribution in [0, 0.1) is 5.92 Å². The molecule has 3 aromatic rings. The van der Waals surface area contributed by atoms with Crippen LogP contribution in [0.5, 0.6) is 0 Å². The molecule has 0 unspecified atom stereocenters. The first-order valence-electron chi connectivity index (χ1n) is 10.1. The lowest BCUT2D eigenvalue weighted by molar-refractivity contribution is -0.122. The standard InChI is InChI=1S/C23H27N5O.ClH/c24-11-20-15-27(16-22(20)19-7-3-1-4-8-19)17-23(29)25-12-18-13-26-28(14-18)21-9-5-2-6-10-21;/h1-10,13-14,20,22H,11-12,15-17,24H2,(H,25,29);1H/t20-,22+;/m1./s1. The molecule has 1 aliphatic rings. The lowest BCUT2D eigenvalue weighted by Crippen LogP contribution is -2.36. The van der Waals surface area contributed by atoms with Crippen molar-refractivity contribution in [3.63, 3.8) is 0 Å². The normalized spacial score (nSPS) is 18.7. The van der Waals surface area contributed by atoms with Gasteiger partial charge in [0.1, 0.15) is 0 Å². The monoisotopic (exact) mass is 425 g/mol. The van der Waals surface area contributed by atoms with Crippen LogP contribution < -0.4 is 11.1 Å². The summed E-state index contributed by atoms with van der Waals surface area (Å²) in [7, 11) is 0. The lowest BCUT2D eigenvalue weighted by Gasteiger charge is -2.16. The first kappa shape index (κ1) is 22.0. The van der Waals surface area contributed by atoms with Crippen LogP contribution in [0.3, 0.4) is 0 Å². The first-order chi connectivity index (χ1) is 14.2. The summed E-state index contributed by atoms with van der Waals surface area (Å²) in [5.41, 5.74) is 9.29. The van der Waals surface area contributed by atoms with Crippen molar-refractivity contribution in [2.75, 3.05) is 26.2 Å². The SMILES string of the molecule is Cl.NC[C@@H]1CN(CC(=O)NCc2cnn(-c3ccccc3)c2)C[C@H]1c1ccccc1. The Kier molecular flexibility index (Phi) is 7.63. The number of halogens is 1. The predicted molar refractivity (Wildman–Crippen MR) is 121 cm³/mol. The van der Waals surface area contributed by atoms with Crippen molar-refractivity contribution in [1.29, 1.82) is 0 Å². The van der Waals surface area contributed by atoms with Crippen molar-refractivity contribution >= 4 is 18.3 Å². The Morgan fingerprint density at radius 3 is 2.47 bits per heavy atom. The van der Waals surface area contributed by atoms with Crippen molar-refractivity contribution in [1.82, 2.24) is 20.0 Å². The molecule has 6 nitrogen and oxygen atoms in total. The Bertz CT molecular complexity index is 931. The number of hydrogen-bond donors (Lipinski definition) is 2. The second-order valence-corrected chi connectivity index (χ2v) is 7.61. The van der Waals surface area contributed by atoms with Gasteiger partial charge in [0.15, 0.2) is 0 Å². The van der Waals surface area contributed by atoms with Crippen molar-refractivity contribution in [3.05, 3.63) is 84.2 Å². The number of hydrogen-bond acceptors (Lipinski definition) is 4. The fourth-order valence-corrected chi connectivity index (χ4v) is 4.04. The van der Waals surface area contributed by atoms with Gasteiger partial charge in [-0.15, -0.1) is 12.4 Å². The molecular weight excluding hydrogens is 398 g/mol. The van der Waals surface area contributed by atoms with Crippen LogP contribution in [0.2, 0.25) is 0 Å². The molecule has 0 spiro atoms. The van der Waals surface area contributed by atoms with E-state index in [0.29, 0.717) is 31.5 Å². The average Bonchev–Trinajstić information content (AvgIpc) is 3.40. The van der Waals surface area contributed by atoms with Gasteiger partial charge in [-0.25, -0.2) is 4.68 Å². The molecule has 1 saturated heterocycles. The molecule has 3 N–H and O–H groups in total. The van der Waals surface area contributed by atoms with Gasteiger partial charge in [-0.1, -0.05) is 48.5 Å². The number of nitrogens with zero attached hydrogens (tertiary/aromatic N) is 3. The van der Waals surface area contributed by atoms with E-state index in [9.17, 15) is 4.79 Å². The van der Waals surface area contributed by atoms with E-state index in [1.165, 1.54) is 5.56 Å². The van der Waals surface area contributed by atoms with E-state index >= 15 is 0 Å². The summed E-state index contributed by atoms with van der Waals surface area (Å²) >= 11 is 0. The maximum Gasteiger partial charge on any atom is 0.234 e. The van der Waals surface area contributed by atoms with Crippen LogP contribution in [-0.4, -0.2) is 46.8 Å². The lowest BCUT2D eigenvalue weighted by atomic mass is 9.89. The highest BCUT2D eigenvalue weighted by Gasteiger charge is 2.33. The van der Waals surface area contributed by atoms with Crippen LogP contribution >= 0.6 is 12.4 Å². The van der Waals surface area contributed by atoms with Crippen LogP contribution in [0.15, 0.2) is 73.1 Å². The summed E-state index contributed by atoms with van der Waals surface area (Å²) in [6.45, 7) is 3.23. The van der Waals surface area contributed by atoms with Gasteiger partial charge in [0, 0.05) is 37.3 Å². The summed E-state index contributed by atoms with van der Waals surface area (Å²) in [5, 5.41) is 7.39. The summed E-state index contributed by atoms with van der Waals surface area (Å²) in [4.78, 5) is 14.7. The fraction of sp³-hybridized carbons (Fsp3) is 0.304. The Hall–Kier alpha value is -2.67. The summed E-state index contributed by atoms with van der Waals surface area (Å²) in [5.74, 6) is 0.800. The Labute approximate surface area is 183 Å². The summed E-state index contributed by atoms with van der Waals surface area (Å²) < 4.78 is 1.82. The second kappa shape index (κ2) is 10.4. The van der Waals surface area contributed by atoms with Crippen LogP contribution in [-0.2, 0) is 11.3 Å². The number of aromatic nitrogens is 2. The Morgan fingerprint density at radius 2 is 1.77 bits per heavy atom. The molecule has 0 aliphatic carbocycles. The molecule has 1 aliphatic heterocycles. The molecule has 1 amide bonds. The van der Waals surface area contributed by atoms with Crippen molar-refractivity contribution in [2.24, 2.45) is 11.7 Å². The van der Waals surface area contributed by atoms with Crippen LogP contribution in [0.25, 0.3) is 5.69 Å². The number of nitrogens with two attached hydrogens (primary N) is 1. The molecular formula is C23H28ClN5O. The summed E-state index contributed by atoms with van der Waals surface area (Å²) in [6, 6.07) is 20.4. The number of rotatable bonds is 7. The van der Waals surface area contributed by atoms with Gasteiger partial charge in [-0.2, -0.15) is 5.10 Å². The Balaban J connectivity index is 0.00000256. The predicted octanol–water partition coefficient (Wildman–Crippen LogP) is 2.58. The highest BCUT2D eigenvalue weighted by molar-refractivity contribution is 5.85. The van der Waals surface area contributed by atoms with E-state index in [0.717, 1.165) is 24.3 Å². The van der Waals surface area contributed by atoms with E-state index in [-0.39, 0.29) is 18.3 Å². The van der Waals surface area contributed by atoms with Gasteiger partial charge < -0.3 is 11.1 Å². The number of amides is 1. The fourth-order valence-electron chi connectivity index (χ4n) is 4.04. The number of benzene rings is 2. The molecule has 158 valence electrons. The number of likely N-dealkylation sites (tertiary alicyclic amines) is 1. The van der Waals surface area contributed by atoms with Gasteiger partial charge in [0.2, 0.25) is 5.91 Å². The molecule has 2 atom stereocenters. The molecule has 7 heteroatoms. The number of carbonyl (C=O) groups is 1. The smallest absolute Gasteiger partial charge is 0.234 e. The molecule has 1 fully saturated rings. The van der Waals surface area contributed by atoms with E-state index in [2.05, 4.69) is 39.6 Å². The largest absolute Gasteiger partial charge is 0.351 e. The molecule has 4 rings (SSSR count). The molecule has 30 heavy (non-hydrogen) atoms. The van der Waals surface area contributed by atoms with Gasteiger partial charge >= 0.3 is 0 Å². The molecule has 1 aromatic heterocycles. The molecule has 0 radical (unpaired) electrons. The van der Waals surface area contributed by atoms with Crippen LogP contribution in [0.4, 0.5) is 0 Å². The minimum atomic E-state index is 0. The maximum absolute atomic E-state index is 12.5. The third kappa shape index (κ3) is 5.27. The third-order valence-electron chi connectivity index (χ3n) is 5.56. The number of para-hydroxylation sites is 1. The Morgan fingerprint density at radius 1 is 1.07 bits per heavy atom. The van der Waals surface area contributed by atoms with Gasteiger partial charge in [0.05, 0.1) is 18.4 Å². The minimum absolute atomic E-state index is 0. The van der Waals surface area contributed by atoms with Crippen molar-refractivity contribution in [2.45, 2.75) is 12.5 Å². The molecule has 2 aromatic carbocycles. The molecule has 2 heterocycles. The van der Waals surface area contributed by atoms with Gasteiger partial charge in [0.25, 0.3) is 0 Å². The third-order valence-corrected chi connectivity index (χ3v) is 5.56. The number of carbonyl (C=O) groups excluding carboxylic acids is 1. The minimum Gasteiger partial charge on any atom is -0.351 e. The highest BCUT2D eigenvalue weighted by atomic mass is 35.5. The topological polar surface area (TPSA) is 76.2 Å². The molecule has 0 saturated carbocycles. The summed E-state index contributed by atoms with van der Waals surface area (Å²) in [6.07, 6.45) is 3.74. The van der Waals surface area contributed by atoms with Gasteiger partial charge in [-0.05, 0) is 30.2 Å². The van der Waals surface area contributed by atoms with Crippen molar-refractivity contribution in [3.8, 4) is 5.69 Å². The zero-order chi connectivity index (χ0) is 20.1. The van der Waals surface area contributed by atoms with Gasteiger partial charge in [-0.3, -0.25) is 9.69 Å². The van der Waals surface area contributed by atoms with E-state index in [4.69, 9.17) is 5.73 Å². The van der Waals surface area contributed by atoms with E-state index in [1.807, 2.05) is 47.3 Å². The highest BCUT2D eigenvalue weighted by Crippen LogP contribution is 2.31.